The second kappa shape index (κ2) is 8.67. The normalized spacial score (nSPS) is 24.4. The maximum atomic E-state index is 12.6. The third-order valence-corrected chi connectivity index (χ3v) is 5.45. The van der Waals surface area contributed by atoms with Crippen molar-refractivity contribution in [1.82, 2.24) is 10.2 Å². The van der Waals surface area contributed by atoms with Gasteiger partial charge in [-0.1, -0.05) is 38.8 Å². The molecule has 0 bridgehead atoms. The highest BCUT2D eigenvalue weighted by molar-refractivity contribution is 6.04. The standard InChI is InChI=1S/C21H31N3O2/c1-15-11-16(2)13-24(12-15)14-20(25)23-19-10-6-5-9-18(19)21(26)22-17-7-3-4-8-17/h5-6,9-10,15-17H,3-4,7-8,11-14H2,1-2H3,(H,22,26)(H,23,25). The van der Waals surface area contributed by atoms with Gasteiger partial charge in [0.15, 0.2) is 0 Å². The zero-order chi connectivity index (χ0) is 18.5. The number of nitrogens with zero attached hydrogens (tertiary/aromatic N) is 1. The van der Waals surface area contributed by atoms with Gasteiger partial charge in [0.05, 0.1) is 17.8 Å². The average molecular weight is 357 g/mol. The Morgan fingerprint density at radius 2 is 1.73 bits per heavy atom. The number of para-hydroxylation sites is 1. The Morgan fingerprint density at radius 3 is 2.42 bits per heavy atom. The van der Waals surface area contributed by atoms with Crippen molar-refractivity contribution in [2.45, 2.75) is 52.0 Å². The SMILES string of the molecule is CC1CC(C)CN(CC(=O)Nc2ccccc2C(=O)NC2CCCC2)C1. The van der Waals surface area contributed by atoms with Crippen LogP contribution in [0.4, 0.5) is 5.69 Å². The highest BCUT2D eigenvalue weighted by Gasteiger charge is 2.24. The molecule has 0 spiro atoms. The van der Waals surface area contributed by atoms with Gasteiger partial charge in [0.2, 0.25) is 5.91 Å². The number of likely N-dealkylation sites (tertiary alicyclic amines) is 1. The minimum absolute atomic E-state index is 0.0487. The largest absolute Gasteiger partial charge is 0.349 e. The van der Waals surface area contributed by atoms with E-state index in [1.54, 1.807) is 6.07 Å². The van der Waals surface area contributed by atoms with E-state index in [9.17, 15) is 9.59 Å². The summed E-state index contributed by atoms with van der Waals surface area (Å²) in [4.78, 5) is 27.4. The van der Waals surface area contributed by atoms with Gasteiger partial charge in [-0.3, -0.25) is 14.5 Å². The van der Waals surface area contributed by atoms with Gasteiger partial charge in [-0.25, -0.2) is 0 Å². The summed E-state index contributed by atoms with van der Waals surface area (Å²) in [6, 6.07) is 7.55. The Bertz CT molecular complexity index is 630. The molecule has 2 N–H and O–H groups in total. The van der Waals surface area contributed by atoms with Gasteiger partial charge in [0.25, 0.3) is 5.91 Å². The van der Waals surface area contributed by atoms with Crippen LogP contribution >= 0.6 is 0 Å². The highest BCUT2D eigenvalue weighted by Crippen LogP contribution is 2.22. The van der Waals surface area contributed by atoms with E-state index >= 15 is 0 Å². The Labute approximate surface area is 156 Å². The van der Waals surface area contributed by atoms with E-state index in [4.69, 9.17) is 0 Å². The van der Waals surface area contributed by atoms with Crippen LogP contribution < -0.4 is 10.6 Å². The van der Waals surface area contributed by atoms with Crippen molar-refractivity contribution in [2.24, 2.45) is 11.8 Å². The fourth-order valence-electron chi connectivity index (χ4n) is 4.44. The van der Waals surface area contributed by atoms with Crippen molar-refractivity contribution in [3.05, 3.63) is 29.8 Å². The zero-order valence-electron chi connectivity index (χ0n) is 16.0. The van der Waals surface area contributed by atoms with Crippen LogP contribution in [0.2, 0.25) is 0 Å². The first kappa shape index (κ1) is 18.9. The number of nitrogens with one attached hydrogen (secondary N) is 2. The summed E-state index contributed by atoms with van der Waals surface area (Å²) in [5.74, 6) is 1.10. The molecule has 1 aromatic rings. The maximum absolute atomic E-state index is 12.6. The van der Waals surface area contributed by atoms with Crippen LogP contribution in [0, 0.1) is 11.8 Å². The summed E-state index contributed by atoms with van der Waals surface area (Å²) in [5.41, 5.74) is 1.15. The number of hydrogen-bond acceptors (Lipinski definition) is 3. The van der Waals surface area contributed by atoms with E-state index in [1.165, 1.54) is 19.3 Å². The minimum Gasteiger partial charge on any atom is -0.349 e. The van der Waals surface area contributed by atoms with Crippen LogP contribution in [-0.2, 0) is 4.79 Å². The van der Waals surface area contributed by atoms with Crippen LogP contribution in [0.1, 0.15) is 56.3 Å². The van der Waals surface area contributed by atoms with E-state index < -0.39 is 0 Å². The fourth-order valence-corrected chi connectivity index (χ4v) is 4.44. The topological polar surface area (TPSA) is 61.4 Å². The molecule has 1 aliphatic carbocycles. The molecular weight excluding hydrogens is 326 g/mol. The molecule has 1 aromatic carbocycles. The van der Waals surface area contributed by atoms with Crippen LogP contribution in [0.25, 0.3) is 0 Å². The molecule has 2 fully saturated rings. The quantitative estimate of drug-likeness (QED) is 0.850. The number of carbonyl (C=O) groups excluding carboxylic acids is 2. The molecule has 2 aliphatic rings. The summed E-state index contributed by atoms with van der Waals surface area (Å²) >= 11 is 0. The molecule has 0 radical (unpaired) electrons. The molecule has 2 unspecified atom stereocenters. The number of hydrogen-bond donors (Lipinski definition) is 2. The third-order valence-electron chi connectivity index (χ3n) is 5.45. The van der Waals surface area contributed by atoms with Crippen LogP contribution in [0.15, 0.2) is 24.3 Å². The Hall–Kier alpha value is -1.88. The molecule has 5 nitrogen and oxygen atoms in total. The molecule has 2 atom stereocenters. The minimum atomic E-state index is -0.0898. The molecule has 5 heteroatoms. The first-order valence-electron chi connectivity index (χ1n) is 9.93. The van der Waals surface area contributed by atoms with E-state index in [0.29, 0.717) is 29.6 Å². The molecule has 1 saturated carbocycles. The van der Waals surface area contributed by atoms with Gasteiger partial charge in [0.1, 0.15) is 0 Å². The Morgan fingerprint density at radius 1 is 1.08 bits per heavy atom. The lowest BCUT2D eigenvalue weighted by Gasteiger charge is -2.34. The van der Waals surface area contributed by atoms with Gasteiger partial charge in [-0.05, 0) is 43.2 Å². The Balaban J connectivity index is 1.60. The molecule has 26 heavy (non-hydrogen) atoms. The van der Waals surface area contributed by atoms with E-state index in [-0.39, 0.29) is 17.9 Å². The number of amides is 2. The summed E-state index contributed by atoms with van der Waals surface area (Å²) in [6.07, 6.45) is 5.67. The van der Waals surface area contributed by atoms with Crippen molar-refractivity contribution in [1.29, 1.82) is 0 Å². The second-order valence-electron chi connectivity index (χ2n) is 8.19. The molecule has 0 aromatic heterocycles. The van der Waals surface area contributed by atoms with Crippen LogP contribution in [-0.4, -0.2) is 42.4 Å². The predicted molar refractivity (Wildman–Crippen MR) is 104 cm³/mol. The van der Waals surface area contributed by atoms with Gasteiger partial charge in [0, 0.05) is 19.1 Å². The summed E-state index contributed by atoms with van der Waals surface area (Å²) in [6.45, 7) is 6.78. The maximum Gasteiger partial charge on any atom is 0.253 e. The first-order chi connectivity index (χ1) is 12.5. The van der Waals surface area contributed by atoms with Crippen molar-refractivity contribution in [3.63, 3.8) is 0 Å². The first-order valence-corrected chi connectivity index (χ1v) is 9.93. The number of carbonyl (C=O) groups is 2. The molecule has 142 valence electrons. The zero-order valence-corrected chi connectivity index (χ0v) is 16.0. The van der Waals surface area contributed by atoms with Crippen molar-refractivity contribution in [3.8, 4) is 0 Å². The second-order valence-corrected chi connectivity index (χ2v) is 8.19. The van der Waals surface area contributed by atoms with E-state index in [0.717, 1.165) is 25.9 Å². The lowest BCUT2D eigenvalue weighted by molar-refractivity contribution is -0.117. The van der Waals surface area contributed by atoms with E-state index in [1.807, 2.05) is 18.2 Å². The third kappa shape index (κ3) is 5.07. The molecule has 1 saturated heterocycles. The summed E-state index contributed by atoms with van der Waals surface area (Å²) in [7, 11) is 0. The monoisotopic (exact) mass is 357 g/mol. The molecule has 3 rings (SSSR count). The molecule has 2 amide bonds. The number of benzene rings is 1. The van der Waals surface area contributed by atoms with Gasteiger partial charge >= 0.3 is 0 Å². The van der Waals surface area contributed by atoms with E-state index in [2.05, 4.69) is 29.4 Å². The van der Waals surface area contributed by atoms with Crippen molar-refractivity contribution in [2.75, 3.05) is 25.0 Å². The summed E-state index contributed by atoms with van der Waals surface area (Å²) in [5, 5.41) is 6.05. The number of rotatable bonds is 5. The summed E-state index contributed by atoms with van der Waals surface area (Å²) < 4.78 is 0. The predicted octanol–water partition coefficient (Wildman–Crippen LogP) is 3.28. The molecule has 1 aliphatic heterocycles. The molecular formula is C21H31N3O2. The fraction of sp³-hybridized carbons (Fsp3) is 0.619. The van der Waals surface area contributed by atoms with Crippen LogP contribution in [0.3, 0.4) is 0 Å². The van der Waals surface area contributed by atoms with Crippen molar-refractivity contribution < 1.29 is 9.59 Å². The van der Waals surface area contributed by atoms with Gasteiger partial charge < -0.3 is 10.6 Å². The Kier molecular flexibility index (Phi) is 6.30. The van der Waals surface area contributed by atoms with Gasteiger partial charge in [-0.2, -0.15) is 0 Å². The average Bonchev–Trinajstić information content (AvgIpc) is 3.07. The van der Waals surface area contributed by atoms with Gasteiger partial charge in [-0.15, -0.1) is 0 Å². The highest BCUT2D eigenvalue weighted by atomic mass is 16.2. The van der Waals surface area contributed by atoms with Crippen molar-refractivity contribution >= 4 is 17.5 Å². The van der Waals surface area contributed by atoms with Crippen LogP contribution in [0.5, 0.6) is 0 Å². The smallest absolute Gasteiger partial charge is 0.253 e. The lowest BCUT2D eigenvalue weighted by atomic mass is 9.92. The number of piperidine rings is 1. The molecule has 1 heterocycles. The lowest BCUT2D eigenvalue weighted by Crippen LogP contribution is -2.43. The number of anilines is 1.